The summed E-state index contributed by atoms with van der Waals surface area (Å²) in [7, 11) is 0. The van der Waals surface area contributed by atoms with Gasteiger partial charge in [0.1, 0.15) is 11.5 Å². The van der Waals surface area contributed by atoms with Gasteiger partial charge in [-0.2, -0.15) is 0 Å². The zero-order valence-corrected chi connectivity index (χ0v) is 15.7. The predicted molar refractivity (Wildman–Crippen MR) is 107 cm³/mol. The number of piperazine rings is 1. The molecular weight excluding hydrogens is 358 g/mol. The summed E-state index contributed by atoms with van der Waals surface area (Å²) in [4.78, 5) is 25.7. The average molecular weight is 379 g/mol. The Morgan fingerprint density at radius 2 is 1.81 bits per heavy atom. The van der Waals surface area contributed by atoms with E-state index >= 15 is 0 Å². The first-order valence-corrected chi connectivity index (χ1v) is 9.85. The number of rotatable bonds is 5. The van der Waals surface area contributed by atoms with Gasteiger partial charge in [-0.25, -0.2) is 9.97 Å². The molecule has 27 heavy (non-hydrogen) atoms. The second-order valence-electron chi connectivity index (χ2n) is 6.43. The molecule has 0 unspecified atom stereocenters. The highest BCUT2D eigenvalue weighted by molar-refractivity contribution is 7.14. The van der Waals surface area contributed by atoms with Crippen LogP contribution in [0.2, 0.25) is 0 Å². The van der Waals surface area contributed by atoms with E-state index < -0.39 is 0 Å². The molecule has 3 heterocycles. The zero-order valence-electron chi connectivity index (χ0n) is 14.9. The molecule has 138 valence electrons. The molecule has 0 aliphatic carbocycles. The summed E-state index contributed by atoms with van der Waals surface area (Å²) in [6.07, 6.45) is 1.72. The first-order valence-electron chi connectivity index (χ1n) is 8.97. The van der Waals surface area contributed by atoms with Gasteiger partial charge in [0.25, 0.3) is 5.91 Å². The van der Waals surface area contributed by atoms with E-state index in [4.69, 9.17) is 0 Å². The molecule has 0 radical (unpaired) electrons. The van der Waals surface area contributed by atoms with Gasteiger partial charge >= 0.3 is 0 Å². The smallest absolute Gasteiger partial charge is 0.273 e. The van der Waals surface area contributed by atoms with Gasteiger partial charge in [-0.15, -0.1) is 11.3 Å². The number of nitrogens with one attached hydrogen (secondary N) is 1. The summed E-state index contributed by atoms with van der Waals surface area (Å²) in [5.41, 5.74) is 1.80. The number of thiazole rings is 1. The highest BCUT2D eigenvalue weighted by Gasteiger charge is 2.24. The molecular formula is C20H21N5OS. The quantitative estimate of drug-likeness (QED) is 0.737. The number of pyridine rings is 1. The fourth-order valence-corrected chi connectivity index (χ4v) is 3.78. The molecule has 1 N–H and O–H groups in total. The largest absolute Gasteiger partial charge is 0.335 e. The Morgan fingerprint density at radius 3 is 2.56 bits per heavy atom. The number of carbonyl (C=O) groups excluding carboxylic acids is 1. The number of anilines is 2. The van der Waals surface area contributed by atoms with Crippen molar-refractivity contribution in [3.05, 3.63) is 71.4 Å². The van der Waals surface area contributed by atoms with Crippen molar-refractivity contribution in [2.45, 2.75) is 6.54 Å². The molecule has 0 spiro atoms. The lowest BCUT2D eigenvalue weighted by Crippen LogP contribution is -2.48. The van der Waals surface area contributed by atoms with E-state index in [-0.39, 0.29) is 5.91 Å². The molecule has 1 aromatic carbocycles. The van der Waals surface area contributed by atoms with Gasteiger partial charge in [0.15, 0.2) is 5.13 Å². The van der Waals surface area contributed by atoms with E-state index in [2.05, 4.69) is 44.5 Å². The lowest BCUT2D eigenvalue weighted by Gasteiger charge is -2.34. The molecule has 4 rings (SSSR count). The standard InChI is InChI=1S/C20H21N5OS/c26-19(17-15-27-20(22-17)23-18-8-4-5-9-21-18)25-12-10-24(11-13-25)14-16-6-2-1-3-7-16/h1-9,15H,10-14H2,(H,21,22,23). The van der Waals surface area contributed by atoms with Gasteiger partial charge < -0.3 is 10.2 Å². The monoisotopic (exact) mass is 379 g/mol. The molecule has 1 aliphatic heterocycles. The van der Waals surface area contributed by atoms with Crippen molar-refractivity contribution in [2.24, 2.45) is 0 Å². The maximum atomic E-state index is 12.7. The number of hydrogen-bond acceptors (Lipinski definition) is 6. The topological polar surface area (TPSA) is 61.4 Å². The fourth-order valence-electron chi connectivity index (χ4n) is 3.09. The van der Waals surface area contributed by atoms with Gasteiger partial charge in [0, 0.05) is 44.3 Å². The van der Waals surface area contributed by atoms with E-state index in [0.717, 1.165) is 38.5 Å². The van der Waals surface area contributed by atoms with Gasteiger partial charge in [0.2, 0.25) is 0 Å². The minimum Gasteiger partial charge on any atom is -0.335 e. The first-order chi connectivity index (χ1) is 13.3. The van der Waals surface area contributed by atoms with Gasteiger partial charge in [-0.3, -0.25) is 9.69 Å². The van der Waals surface area contributed by atoms with Gasteiger partial charge in [0.05, 0.1) is 0 Å². The molecule has 0 atom stereocenters. The average Bonchev–Trinajstić information content (AvgIpc) is 3.18. The maximum absolute atomic E-state index is 12.7. The van der Waals surface area contributed by atoms with E-state index in [9.17, 15) is 4.79 Å². The zero-order chi connectivity index (χ0) is 18.5. The minimum atomic E-state index is -0.000294. The van der Waals surface area contributed by atoms with Crippen molar-refractivity contribution >= 4 is 28.2 Å². The first kappa shape index (κ1) is 17.6. The number of hydrogen-bond donors (Lipinski definition) is 1. The van der Waals surface area contributed by atoms with Crippen LogP contribution in [0, 0.1) is 0 Å². The molecule has 2 aromatic heterocycles. The summed E-state index contributed by atoms with van der Waals surface area (Å²) >= 11 is 1.42. The molecule has 7 heteroatoms. The minimum absolute atomic E-state index is 0.000294. The van der Waals surface area contributed by atoms with Crippen molar-refractivity contribution in [1.82, 2.24) is 19.8 Å². The van der Waals surface area contributed by atoms with Gasteiger partial charge in [-0.1, -0.05) is 36.4 Å². The third-order valence-electron chi connectivity index (χ3n) is 4.53. The molecule has 1 fully saturated rings. The summed E-state index contributed by atoms with van der Waals surface area (Å²) in [5.74, 6) is 0.722. The summed E-state index contributed by atoms with van der Waals surface area (Å²) < 4.78 is 0. The van der Waals surface area contributed by atoms with Crippen LogP contribution in [0.3, 0.4) is 0 Å². The van der Waals surface area contributed by atoms with Crippen LogP contribution in [0.4, 0.5) is 10.9 Å². The molecule has 6 nitrogen and oxygen atoms in total. The maximum Gasteiger partial charge on any atom is 0.273 e. The Balaban J connectivity index is 1.32. The van der Waals surface area contributed by atoms with E-state index in [1.807, 2.05) is 34.5 Å². The van der Waals surface area contributed by atoms with E-state index in [1.54, 1.807) is 6.20 Å². The predicted octanol–water partition coefficient (Wildman–Crippen LogP) is 3.24. The number of amides is 1. The third kappa shape index (κ3) is 4.50. The van der Waals surface area contributed by atoms with Crippen molar-refractivity contribution < 1.29 is 4.79 Å². The van der Waals surface area contributed by atoms with Crippen molar-refractivity contribution in [1.29, 1.82) is 0 Å². The van der Waals surface area contributed by atoms with Crippen LogP contribution in [0.25, 0.3) is 0 Å². The second-order valence-corrected chi connectivity index (χ2v) is 7.29. The highest BCUT2D eigenvalue weighted by Crippen LogP contribution is 2.21. The van der Waals surface area contributed by atoms with Crippen molar-refractivity contribution in [3.63, 3.8) is 0 Å². The number of carbonyl (C=O) groups is 1. The Labute approximate surface area is 162 Å². The van der Waals surface area contributed by atoms with Crippen LogP contribution in [0.5, 0.6) is 0 Å². The van der Waals surface area contributed by atoms with Crippen LogP contribution >= 0.6 is 11.3 Å². The Bertz CT molecular complexity index is 876. The normalized spacial score (nSPS) is 14.9. The lowest BCUT2D eigenvalue weighted by atomic mass is 10.2. The van der Waals surface area contributed by atoms with Crippen LogP contribution in [0.1, 0.15) is 16.1 Å². The highest BCUT2D eigenvalue weighted by atomic mass is 32.1. The number of aromatic nitrogens is 2. The lowest BCUT2D eigenvalue weighted by molar-refractivity contribution is 0.0623. The Kier molecular flexibility index (Phi) is 5.41. The van der Waals surface area contributed by atoms with Crippen molar-refractivity contribution in [3.8, 4) is 0 Å². The number of nitrogens with zero attached hydrogens (tertiary/aromatic N) is 4. The van der Waals surface area contributed by atoms with E-state index in [1.165, 1.54) is 16.9 Å². The molecule has 0 saturated carbocycles. The second kappa shape index (κ2) is 8.28. The summed E-state index contributed by atoms with van der Waals surface area (Å²) in [6.45, 7) is 4.14. The molecule has 3 aromatic rings. The third-order valence-corrected chi connectivity index (χ3v) is 5.29. The summed E-state index contributed by atoms with van der Waals surface area (Å²) in [6, 6.07) is 16.1. The van der Waals surface area contributed by atoms with E-state index in [0.29, 0.717) is 10.8 Å². The molecule has 1 aliphatic rings. The van der Waals surface area contributed by atoms with Crippen LogP contribution in [-0.4, -0.2) is 51.9 Å². The Hall–Kier alpha value is -2.77. The van der Waals surface area contributed by atoms with Crippen LogP contribution in [-0.2, 0) is 6.54 Å². The van der Waals surface area contributed by atoms with Gasteiger partial charge in [-0.05, 0) is 17.7 Å². The Morgan fingerprint density at radius 1 is 1.04 bits per heavy atom. The number of benzene rings is 1. The molecule has 0 bridgehead atoms. The van der Waals surface area contributed by atoms with Crippen molar-refractivity contribution in [2.75, 3.05) is 31.5 Å². The SMILES string of the molecule is O=C(c1csc(Nc2ccccn2)n1)N1CCN(Cc2ccccc2)CC1. The van der Waals surface area contributed by atoms with Crippen LogP contribution < -0.4 is 5.32 Å². The van der Waals surface area contributed by atoms with Crippen LogP contribution in [0.15, 0.2) is 60.1 Å². The fraction of sp³-hybridized carbons (Fsp3) is 0.250. The molecule has 1 amide bonds. The summed E-state index contributed by atoms with van der Waals surface area (Å²) in [5, 5.41) is 5.62. The molecule has 1 saturated heterocycles.